The minimum Gasteiger partial charge on any atom is -0.507 e. The Kier molecular flexibility index (Phi) is 11.1. The van der Waals surface area contributed by atoms with Crippen LogP contribution in [0.25, 0.3) is 34.2 Å². The number of hydrogen-bond acceptors (Lipinski definition) is 11. The molecule has 1 heterocycles. The van der Waals surface area contributed by atoms with Crippen LogP contribution < -0.4 is 23.7 Å². The molecule has 0 radical (unpaired) electrons. The van der Waals surface area contributed by atoms with Gasteiger partial charge < -0.3 is 28.8 Å². The van der Waals surface area contributed by atoms with Crippen molar-refractivity contribution in [1.82, 2.24) is 15.0 Å². The maximum atomic E-state index is 11.9. The topological polar surface area (TPSA) is 139 Å². The maximum absolute atomic E-state index is 11.9. The van der Waals surface area contributed by atoms with Crippen molar-refractivity contribution < 1.29 is 38.4 Å². The second kappa shape index (κ2) is 15.3. The van der Waals surface area contributed by atoms with E-state index in [9.17, 15) is 14.7 Å². The highest BCUT2D eigenvalue weighted by Crippen LogP contribution is 2.38. The number of phenolic OH excluding ortho intramolecular Hbond substituents is 1. The summed E-state index contributed by atoms with van der Waals surface area (Å²) in [6.45, 7) is 12.1. The summed E-state index contributed by atoms with van der Waals surface area (Å²) >= 11 is 0. The lowest BCUT2D eigenvalue weighted by Gasteiger charge is -2.15. The molecule has 11 nitrogen and oxygen atoms in total. The quantitative estimate of drug-likeness (QED) is 0.120. The van der Waals surface area contributed by atoms with Gasteiger partial charge in [-0.3, -0.25) is 9.59 Å². The fourth-order valence-electron chi connectivity index (χ4n) is 4.30. The molecule has 4 rings (SSSR count). The number of ether oxygens (including phenoxy) is 5. The largest absolute Gasteiger partial charge is 0.507 e. The van der Waals surface area contributed by atoms with Crippen LogP contribution in [0.1, 0.15) is 27.7 Å². The Bertz CT molecular complexity index is 1610. The zero-order valence-corrected chi connectivity index (χ0v) is 25.7. The van der Waals surface area contributed by atoms with E-state index in [-0.39, 0.29) is 34.5 Å². The third kappa shape index (κ3) is 7.94. The fourth-order valence-corrected chi connectivity index (χ4v) is 4.30. The van der Waals surface area contributed by atoms with Crippen LogP contribution in [0.4, 0.5) is 0 Å². The third-order valence-electron chi connectivity index (χ3n) is 6.29. The van der Waals surface area contributed by atoms with Gasteiger partial charge in [-0.05, 0) is 70.2 Å². The van der Waals surface area contributed by atoms with Crippen molar-refractivity contribution in [1.29, 1.82) is 0 Å². The molecule has 4 aromatic rings. The molecular weight excluding hydrogens is 578 g/mol. The van der Waals surface area contributed by atoms with Crippen LogP contribution >= 0.6 is 0 Å². The van der Waals surface area contributed by atoms with Crippen LogP contribution in [0.3, 0.4) is 0 Å². The number of aromatic hydroxyl groups is 1. The van der Waals surface area contributed by atoms with Crippen LogP contribution in [-0.2, 0) is 9.59 Å². The Morgan fingerprint density at radius 1 is 0.644 bits per heavy atom. The number of carbonyl (C=O) groups excluding carboxylic acids is 2. The van der Waals surface area contributed by atoms with Gasteiger partial charge in [-0.15, -0.1) is 0 Å². The normalized spacial score (nSPS) is 10.6. The van der Waals surface area contributed by atoms with Gasteiger partial charge in [-0.25, -0.2) is 15.0 Å². The summed E-state index contributed by atoms with van der Waals surface area (Å²) in [5, 5.41) is 11.0. The molecule has 234 valence electrons. The summed E-state index contributed by atoms with van der Waals surface area (Å²) in [5.41, 5.74) is 1.44. The molecule has 45 heavy (non-hydrogen) atoms. The Hall–Kier alpha value is -5.45. The fraction of sp³-hybridized carbons (Fsp3) is 0.265. The minimum atomic E-state index is -0.763. The molecule has 0 spiro atoms. The first kappa shape index (κ1) is 32.5. The van der Waals surface area contributed by atoms with Crippen LogP contribution in [0.2, 0.25) is 0 Å². The molecule has 0 saturated heterocycles. The summed E-state index contributed by atoms with van der Waals surface area (Å²) in [6.07, 6.45) is 0.922. The maximum Gasteiger partial charge on any atom is 0.239 e. The molecule has 0 amide bonds. The summed E-state index contributed by atoms with van der Waals surface area (Å²) in [5.74, 6) is 1.44. The van der Waals surface area contributed by atoms with E-state index in [0.29, 0.717) is 60.6 Å². The van der Waals surface area contributed by atoms with Gasteiger partial charge in [0.15, 0.2) is 24.1 Å². The molecule has 0 saturated carbocycles. The highest BCUT2D eigenvalue weighted by Gasteiger charge is 2.21. The van der Waals surface area contributed by atoms with E-state index in [0.717, 1.165) is 6.08 Å². The highest BCUT2D eigenvalue weighted by atomic mass is 16.5. The summed E-state index contributed by atoms with van der Waals surface area (Å²) in [7, 11) is 0. The number of Topliss-reactive ketones (excluding diaryl/α,β-unsaturated/α-hetero) is 1. The zero-order chi connectivity index (χ0) is 32.3. The average Bonchev–Trinajstić information content (AvgIpc) is 3.04. The van der Waals surface area contributed by atoms with Crippen molar-refractivity contribution in [2.24, 2.45) is 0 Å². The molecule has 0 fully saturated rings. The Balaban J connectivity index is 1.86. The highest BCUT2D eigenvalue weighted by molar-refractivity contribution is 6.42. The van der Waals surface area contributed by atoms with Crippen LogP contribution in [0.15, 0.2) is 67.3 Å². The first-order chi connectivity index (χ1) is 21.8. The van der Waals surface area contributed by atoms with Gasteiger partial charge in [0.2, 0.25) is 11.6 Å². The first-order valence-corrected chi connectivity index (χ1v) is 14.5. The molecule has 11 heteroatoms. The molecule has 3 aromatic carbocycles. The van der Waals surface area contributed by atoms with Gasteiger partial charge in [0.25, 0.3) is 0 Å². The lowest BCUT2D eigenvalue weighted by Crippen LogP contribution is -2.19. The summed E-state index contributed by atoms with van der Waals surface area (Å²) < 4.78 is 28.6. The van der Waals surface area contributed by atoms with Crippen LogP contribution in [0, 0.1) is 0 Å². The molecular formula is C34H35N3O8. The second-order valence-electron chi connectivity index (χ2n) is 9.31. The molecule has 0 aliphatic heterocycles. The number of phenols is 1. The molecule has 1 N–H and O–H groups in total. The lowest BCUT2D eigenvalue weighted by molar-refractivity contribution is -0.135. The van der Waals surface area contributed by atoms with Crippen molar-refractivity contribution in [2.75, 3.05) is 33.0 Å². The predicted molar refractivity (Wildman–Crippen MR) is 168 cm³/mol. The lowest BCUT2D eigenvalue weighted by atomic mass is 10.1. The minimum absolute atomic E-state index is 0.157. The van der Waals surface area contributed by atoms with Crippen molar-refractivity contribution in [3.63, 3.8) is 0 Å². The van der Waals surface area contributed by atoms with Gasteiger partial charge in [0.1, 0.15) is 34.5 Å². The molecule has 0 atom stereocenters. The molecule has 1 aromatic heterocycles. The van der Waals surface area contributed by atoms with Crippen LogP contribution in [-0.4, -0.2) is 64.7 Å². The molecule has 0 bridgehead atoms. The van der Waals surface area contributed by atoms with E-state index in [4.69, 9.17) is 38.6 Å². The predicted octanol–water partition coefficient (Wildman–Crippen LogP) is 5.88. The van der Waals surface area contributed by atoms with E-state index in [1.165, 1.54) is 12.1 Å². The van der Waals surface area contributed by atoms with E-state index < -0.39 is 18.2 Å². The number of ketones is 2. The number of aromatic nitrogens is 3. The standard InChI is InChI=1S/C34H35N3O8/c1-6-27(38)29(40)20-45-21-11-14-24(28(39)17-21)32-35-33(25-15-12-22(41-7-2)18-30(25)43-9-4)37-34(36-32)26-16-13-23(42-8-3)19-31(26)44-10-5/h6,11-19,39H,1,7-10,20H2,2-5H3. The van der Waals surface area contributed by atoms with Gasteiger partial charge in [-0.1, -0.05) is 6.58 Å². The molecule has 0 aliphatic rings. The number of carbonyl (C=O) groups is 2. The van der Waals surface area contributed by atoms with Crippen molar-refractivity contribution >= 4 is 11.6 Å². The van der Waals surface area contributed by atoms with Gasteiger partial charge in [0, 0.05) is 18.2 Å². The number of benzene rings is 3. The molecule has 0 aliphatic carbocycles. The van der Waals surface area contributed by atoms with E-state index in [1.54, 1.807) is 42.5 Å². The Labute approximate surface area is 261 Å². The third-order valence-corrected chi connectivity index (χ3v) is 6.29. The average molecular weight is 614 g/mol. The van der Waals surface area contributed by atoms with E-state index in [1.807, 2.05) is 27.7 Å². The van der Waals surface area contributed by atoms with Gasteiger partial charge >= 0.3 is 0 Å². The number of nitrogens with zero attached hydrogens (tertiary/aromatic N) is 3. The van der Waals surface area contributed by atoms with E-state index in [2.05, 4.69) is 6.58 Å². The smallest absolute Gasteiger partial charge is 0.239 e. The number of hydrogen-bond donors (Lipinski definition) is 1. The first-order valence-electron chi connectivity index (χ1n) is 14.5. The number of rotatable bonds is 16. The van der Waals surface area contributed by atoms with Crippen molar-refractivity contribution in [2.45, 2.75) is 27.7 Å². The molecule has 0 unspecified atom stereocenters. The van der Waals surface area contributed by atoms with Gasteiger partial charge in [0.05, 0.1) is 43.1 Å². The monoisotopic (exact) mass is 613 g/mol. The Morgan fingerprint density at radius 2 is 1.07 bits per heavy atom. The Morgan fingerprint density at radius 3 is 1.49 bits per heavy atom. The van der Waals surface area contributed by atoms with Crippen molar-refractivity contribution in [3.8, 4) is 68.7 Å². The second-order valence-corrected chi connectivity index (χ2v) is 9.31. The summed E-state index contributed by atoms with van der Waals surface area (Å²) in [6, 6.07) is 15.2. The summed E-state index contributed by atoms with van der Waals surface area (Å²) in [4.78, 5) is 37.6. The zero-order valence-electron chi connectivity index (χ0n) is 25.7. The number of allylic oxidation sites excluding steroid dienone is 1. The van der Waals surface area contributed by atoms with Crippen molar-refractivity contribution in [3.05, 3.63) is 67.3 Å². The van der Waals surface area contributed by atoms with E-state index >= 15 is 0 Å². The SMILES string of the molecule is C=CC(=O)C(=O)COc1ccc(-c2nc(-c3ccc(OCC)cc3OCC)nc(-c3ccc(OCC)cc3OCC)n2)c(O)c1. The van der Waals surface area contributed by atoms with Crippen LogP contribution in [0.5, 0.6) is 34.5 Å². The van der Waals surface area contributed by atoms with Gasteiger partial charge in [-0.2, -0.15) is 0 Å².